The predicted octanol–water partition coefficient (Wildman–Crippen LogP) is 6.14. The first kappa shape index (κ1) is 26.7. The van der Waals surface area contributed by atoms with Gasteiger partial charge in [0, 0.05) is 41.6 Å². The molecule has 2 aromatic heterocycles. The fraction of sp³-hybridized carbons (Fsp3) is 0.286. The van der Waals surface area contributed by atoms with Gasteiger partial charge in [0.25, 0.3) is 0 Å². The summed E-state index contributed by atoms with van der Waals surface area (Å²) >= 11 is 6.46. The largest absolute Gasteiger partial charge is 0.464 e. The van der Waals surface area contributed by atoms with Crippen LogP contribution in [0, 0.1) is 0 Å². The van der Waals surface area contributed by atoms with Gasteiger partial charge in [-0.05, 0) is 43.0 Å². The molecule has 4 aromatic rings. The molecule has 1 unspecified atom stereocenters. The number of carbonyl (C=O) groups is 1. The molecule has 0 aliphatic carbocycles. The van der Waals surface area contributed by atoms with Gasteiger partial charge in [0.2, 0.25) is 5.91 Å². The molecule has 1 aliphatic rings. The summed E-state index contributed by atoms with van der Waals surface area (Å²) in [5.41, 5.74) is -0.717. The van der Waals surface area contributed by atoms with Crippen molar-refractivity contribution < 1.29 is 22.7 Å². The standard InChI is InChI=1S/C28H25ClF3N5O2/c1-4-22(38)36-12-13-37(16(3)15-36)26-24-21(33-27(35-26)39-5-2)14-19(25(34-24)28(30,31)32)18-10-6-8-17-9-7-11-20(29)23(17)18/h4,6-11,14,16H,1,5,12-13,15H2,2-3H3. The molecular formula is C28H25ClF3N5O2. The van der Waals surface area contributed by atoms with Gasteiger partial charge in [-0.3, -0.25) is 4.79 Å². The molecule has 5 rings (SSSR count). The fourth-order valence-corrected chi connectivity index (χ4v) is 5.24. The second-order valence-corrected chi connectivity index (χ2v) is 9.59. The van der Waals surface area contributed by atoms with Crippen molar-refractivity contribution in [2.75, 3.05) is 31.1 Å². The first-order valence-electron chi connectivity index (χ1n) is 12.4. The second-order valence-electron chi connectivity index (χ2n) is 9.19. The molecule has 0 spiro atoms. The number of halogens is 4. The maximum atomic E-state index is 14.6. The highest BCUT2D eigenvalue weighted by molar-refractivity contribution is 6.36. The molecule has 0 bridgehead atoms. The minimum absolute atomic E-state index is 0.00351. The third-order valence-corrected chi connectivity index (χ3v) is 7.02. The zero-order valence-electron chi connectivity index (χ0n) is 21.3. The molecule has 1 fully saturated rings. The van der Waals surface area contributed by atoms with E-state index in [1.165, 1.54) is 12.1 Å². The van der Waals surface area contributed by atoms with Crippen LogP contribution in [0.15, 0.2) is 55.1 Å². The minimum Gasteiger partial charge on any atom is -0.464 e. The van der Waals surface area contributed by atoms with E-state index in [0.29, 0.717) is 41.0 Å². The summed E-state index contributed by atoms with van der Waals surface area (Å²) in [5.74, 6) is 0.00887. The Kier molecular flexibility index (Phi) is 7.07. The summed E-state index contributed by atoms with van der Waals surface area (Å²) in [6.45, 7) is 8.47. The second kappa shape index (κ2) is 10.3. The molecule has 1 amide bonds. The van der Waals surface area contributed by atoms with Crippen LogP contribution in [0.2, 0.25) is 5.02 Å². The van der Waals surface area contributed by atoms with Crippen LogP contribution in [0.25, 0.3) is 32.9 Å². The van der Waals surface area contributed by atoms with Crippen LogP contribution >= 0.6 is 11.6 Å². The molecule has 0 radical (unpaired) electrons. The summed E-state index contributed by atoms with van der Waals surface area (Å²) in [6.07, 6.45) is -3.53. The molecule has 7 nitrogen and oxygen atoms in total. The number of ether oxygens (including phenoxy) is 1. The van der Waals surface area contributed by atoms with Crippen molar-refractivity contribution in [1.82, 2.24) is 19.9 Å². The van der Waals surface area contributed by atoms with E-state index >= 15 is 0 Å². The van der Waals surface area contributed by atoms with Gasteiger partial charge in [0.15, 0.2) is 11.5 Å². The van der Waals surface area contributed by atoms with Crippen LogP contribution in [0.5, 0.6) is 6.01 Å². The van der Waals surface area contributed by atoms with E-state index in [0.717, 1.165) is 0 Å². The number of anilines is 1. The number of amides is 1. The molecular weight excluding hydrogens is 531 g/mol. The molecule has 2 aromatic carbocycles. The van der Waals surface area contributed by atoms with Gasteiger partial charge in [0.1, 0.15) is 5.52 Å². The Morgan fingerprint density at radius 3 is 2.56 bits per heavy atom. The summed E-state index contributed by atoms with van der Waals surface area (Å²) in [5, 5.41) is 1.52. The third kappa shape index (κ3) is 4.96. The van der Waals surface area contributed by atoms with E-state index in [9.17, 15) is 18.0 Å². The number of benzene rings is 2. The van der Waals surface area contributed by atoms with Gasteiger partial charge in [0.05, 0.1) is 12.1 Å². The van der Waals surface area contributed by atoms with Crippen molar-refractivity contribution >= 4 is 45.1 Å². The number of piperazine rings is 1. The lowest BCUT2D eigenvalue weighted by Crippen LogP contribution is -2.53. The number of nitrogens with zero attached hydrogens (tertiary/aromatic N) is 5. The van der Waals surface area contributed by atoms with Crippen molar-refractivity contribution in [2.24, 2.45) is 0 Å². The van der Waals surface area contributed by atoms with E-state index in [2.05, 4.69) is 21.5 Å². The maximum Gasteiger partial charge on any atom is 0.433 e. The van der Waals surface area contributed by atoms with Gasteiger partial charge in [-0.25, -0.2) is 4.98 Å². The SMILES string of the molecule is C=CC(=O)N1CCN(c2nc(OCC)nc3cc(-c4cccc5cccc(Cl)c45)c(C(F)(F)F)nc23)C(C)C1. The number of hydrogen-bond donors (Lipinski definition) is 0. The topological polar surface area (TPSA) is 71.5 Å². The molecule has 3 heterocycles. The van der Waals surface area contributed by atoms with Crippen molar-refractivity contribution in [2.45, 2.75) is 26.1 Å². The maximum absolute atomic E-state index is 14.6. The third-order valence-electron chi connectivity index (χ3n) is 6.70. The molecule has 1 saturated heterocycles. The van der Waals surface area contributed by atoms with E-state index in [1.54, 1.807) is 48.2 Å². The van der Waals surface area contributed by atoms with Crippen LogP contribution in [-0.2, 0) is 11.0 Å². The zero-order chi connectivity index (χ0) is 27.9. The van der Waals surface area contributed by atoms with Gasteiger partial charge in [-0.2, -0.15) is 23.1 Å². The van der Waals surface area contributed by atoms with Crippen LogP contribution in [0.3, 0.4) is 0 Å². The van der Waals surface area contributed by atoms with E-state index < -0.39 is 11.9 Å². The highest BCUT2D eigenvalue weighted by atomic mass is 35.5. The Hall–Kier alpha value is -3.92. The van der Waals surface area contributed by atoms with Gasteiger partial charge in [-0.15, -0.1) is 0 Å². The lowest BCUT2D eigenvalue weighted by molar-refractivity contribution is -0.140. The van der Waals surface area contributed by atoms with E-state index in [-0.39, 0.29) is 47.0 Å². The van der Waals surface area contributed by atoms with E-state index in [4.69, 9.17) is 16.3 Å². The smallest absolute Gasteiger partial charge is 0.433 e. The number of carbonyl (C=O) groups excluding carboxylic acids is 1. The number of hydrogen-bond acceptors (Lipinski definition) is 6. The number of pyridine rings is 1. The number of alkyl halides is 3. The average Bonchev–Trinajstić information content (AvgIpc) is 2.91. The molecule has 0 N–H and O–H groups in total. The Morgan fingerprint density at radius 1 is 1.15 bits per heavy atom. The minimum atomic E-state index is -4.77. The first-order valence-corrected chi connectivity index (χ1v) is 12.8. The quantitative estimate of drug-likeness (QED) is 0.276. The first-order chi connectivity index (χ1) is 18.6. The van der Waals surface area contributed by atoms with Crippen molar-refractivity contribution in [3.63, 3.8) is 0 Å². The highest BCUT2D eigenvalue weighted by Crippen LogP contribution is 2.42. The summed E-state index contributed by atoms with van der Waals surface area (Å²) in [7, 11) is 0. The molecule has 11 heteroatoms. The highest BCUT2D eigenvalue weighted by Gasteiger charge is 2.38. The number of aromatic nitrogens is 3. The number of fused-ring (bicyclic) bond motifs is 2. The van der Waals surface area contributed by atoms with Crippen molar-refractivity contribution in [3.8, 4) is 17.1 Å². The Morgan fingerprint density at radius 2 is 1.90 bits per heavy atom. The van der Waals surface area contributed by atoms with Gasteiger partial charge < -0.3 is 14.5 Å². The summed E-state index contributed by atoms with van der Waals surface area (Å²) in [4.78, 5) is 28.6. The zero-order valence-corrected chi connectivity index (χ0v) is 22.1. The van der Waals surface area contributed by atoms with Crippen molar-refractivity contribution in [1.29, 1.82) is 0 Å². The van der Waals surface area contributed by atoms with E-state index in [1.807, 2.05) is 11.8 Å². The van der Waals surface area contributed by atoms with Crippen LogP contribution in [0.1, 0.15) is 19.5 Å². The Balaban J connectivity index is 1.75. The van der Waals surface area contributed by atoms with Crippen molar-refractivity contribution in [3.05, 3.63) is 65.8 Å². The monoisotopic (exact) mass is 555 g/mol. The summed E-state index contributed by atoms with van der Waals surface area (Å²) in [6, 6.07) is 11.4. The summed E-state index contributed by atoms with van der Waals surface area (Å²) < 4.78 is 49.3. The lowest BCUT2D eigenvalue weighted by atomic mass is 9.96. The average molecular weight is 556 g/mol. The lowest BCUT2D eigenvalue weighted by Gasteiger charge is -2.40. The Bertz CT molecular complexity index is 1590. The fourth-order valence-electron chi connectivity index (χ4n) is 4.96. The van der Waals surface area contributed by atoms with Crippen LogP contribution in [0.4, 0.5) is 19.0 Å². The molecule has 39 heavy (non-hydrogen) atoms. The van der Waals surface area contributed by atoms with Crippen LogP contribution in [-0.4, -0.2) is 58.0 Å². The van der Waals surface area contributed by atoms with Gasteiger partial charge in [-0.1, -0.05) is 48.5 Å². The molecule has 1 atom stereocenters. The number of rotatable bonds is 5. The van der Waals surface area contributed by atoms with Crippen LogP contribution < -0.4 is 9.64 Å². The molecule has 202 valence electrons. The van der Waals surface area contributed by atoms with Gasteiger partial charge >= 0.3 is 12.2 Å². The molecule has 1 aliphatic heterocycles. The molecule has 0 saturated carbocycles. The predicted molar refractivity (Wildman–Crippen MR) is 145 cm³/mol. The Labute approximate surface area is 227 Å². The normalized spacial score (nSPS) is 16.1.